The maximum atomic E-state index is 13.2. The third-order valence-corrected chi connectivity index (χ3v) is 7.59. The average molecular weight is 661 g/mol. The molecule has 3 aromatic heterocycles. The van der Waals surface area contributed by atoms with Crippen molar-refractivity contribution in [3.05, 3.63) is 47.3 Å². The van der Waals surface area contributed by atoms with Crippen molar-refractivity contribution in [1.82, 2.24) is 29.7 Å². The molecule has 4 heterocycles. The van der Waals surface area contributed by atoms with Gasteiger partial charge in [-0.25, -0.2) is 19.7 Å². The molecule has 1 saturated carbocycles. The SMILES string of the molecule is CC(C)n1cc(-c2cnc(N(C(=O)OCC(O)(O)O)C3CCC(Nc4ncc5c(n4)C(N)=C(Cl)C=NOC5(O)O)CC3)cn2)cn1. The number of aromatic nitrogens is 6. The van der Waals surface area contributed by atoms with E-state index in [-0.39, 0.29) is 45.8 Å². The van der Waals surface area contributed by atoms with Crippen molar-refractivity contribution in [3.63, 3.8) is 0 Å². The summed E-state index contributed by atoms with van der Waals surface area (Å²) in [6.07, 6.45) is 9.50. The summed E-state index contributed by atoms with van der Waals surface area (Å²) in [4.78, 5) is 36.5. The number of hydrogen-bond acceptors (Lipinski definition) is 16. The molecule has 5 rings (SSSR count). The first-order chi connectivity index (χ1) is 21.7. The molecule has 18 nitrogen and oxygen atoms in total. The Morgan fingerprint density at radius 1 is 1.17 bits per heavy atom. The highest BCUT2D eigenvalue weighted by atomic mass is 35.5. The lowest BCUT2D eigenvalue weighted by molar-refractivity contribution is -0.351. The third kappa shape index (κ3) is 7.49. The molecule has 1 amide bonds. The van der Waals surface area contributed by atoms with Gasteiger partial charge in [0.1, 0.15) is 11.3 Å². The molecule has 0 aromatic carbocycles. The summed E-state index contributed by atoms with van der Waals surface area (Å²) in [5, 5.41) is 59.2. The quantitative estimate of drug-likeness (QED) is 0.164. The number of fused-ring (bicyclic) bond motifs is 1. The lowest BCUT2D eigenvalue weighted by Gasteiger charge is -2.36. The minimum absolute atomic E-state index is 0.0310. The highest BCUT2D eigenvalue weighted by Gasteiger charge is 2.37. The molecule has 0 saturated heterocycles. The van der Waals surface area contributed by atoms with Crippen LogP contribution in [0.25, 0.3) is 17.0 Å². The number of oxime groups is 1. The van der Waals surface area contributed by atoms with Crippen LogP contribution in [0, 0.1) is 0 Å². The maximum absolute atomic E-state index is 13.2. The van der Waals surface area contributed by atoms with Gasteiger partial charge in [0.15, 0.2) is 12.4 Å². The molecule has 46 heavy (non-hydrogen) atoms. The fourth-order valence-corrected chi connectivity index (χ4v) is 5.07. The highest BCUT2D eigenvalue weighted by molar-refractivity contribution is 6.42. The largest absolute Gasteiger partial charge is 0.440 e. The van der Waals surface area contributed by atoms with Crippen LogP contribution in [0.2, 0.25) is 0 Å². The van der Waals surface area contributed by atoms with E-state index in [1.54, 1.807) is 10.9 Å². The molecule has 8 N–H and O–H groups in total. The van der Waals surface area contributed by atoms with E-state index in [1.807, 2.05) is 20.0 Å². The van der Waals surface area contributed by atoms with E-state index in [4.69, 9.17) is 22.1 Å². The van der Waals surface area contributed by atoms with Crippen LogP contribution < -0.4 is 16.0 Å². The number of ether oxygens (including phenoxy) is 1. The third-order valence-electron chi connectivity index (χ3n) is 7.29. The second-order valence-electron chi connectivity index (χ2n) is 11.1. The molecule has 1 fully saturated rings. The Morgan fingerprint density at radius 3 is 2.54 bits per heavy atom. The van der Waals surface area contributed by atoms with Crippen LogP contribution in [0.3, 0.4) is 0 Å². The summed E-state index contributed by atoms with van der Waals surface area (Å²) in [6, 6.07) is -0.452. The molecule has 1 aliphatic carbocycles. The zero-order chi connectivity index (χ0) is 33.2. The van der Waals surface area contributed by atoms with Gasteiger partial charge in [-0.15, -0.1) is 0 Å². The van der Waals surface area contributed by atoms with Crippen LogP contribution in [0.5, 0.6) is 0 Å². The van der Waals surface area contributed by atoms with Crippen LogP contribution in [0.15, 0.2) is 41.2 Å². The molecule has 0 bridgehead atoms. The van der Waals surface area contributed by atoms with E-state index >= 15 is 0 Å². The highest BCUT2D eigenvalue weighted by Crippen LogP contribution is 2.32. The number of nitrogens with one attached hydrogen (secondary N) is 1. The number of amides is 1. The van der Waals surface area contributed by atoms with Crippen molar-refractivity contribution in [3.8, 4) is 11.3 Å². The molecule has 3 aromatic rings. The smallest absolute Gasteiger partial charge is 0.416 e. The van der Waals surface area contributed by atoms with Gasteiger partial charge in [0.2, 0.25) is 5.95 Å². The molecule has 1 aliphatic heterocycles. The van der Waals surface area contributed by atoms with Crippen molar-refractivity contribution < 1.29 is 39.9 Å². The van der Waals surface area contributed by atoms with E-state index < -0.39 is 30.7 Å². The zero-order valence-electron chi connectivity index (χ0n) is 24.7. The fourth-order valence-electron chi connectivity index (χ4n) is 4.94. The fraction of sp³-hybridized carbons (Fsp3) is 0.444. The first kappa shape index (κ1) is 32.9. The molecule has 0 radical (unpaired) electrons. The second-order valence-corrected chi connectivity index (χ2v) is 11.5. The molecule has 0 unspecified atom stereocenters. The van der Waals surface area contributed by atoms with Crippen molar-refractivity contribution in [2.75, 3.05) is 16.8 Å². The second kappa shape index (κ2) is 13.1. The van der Waals surface area contributed by atoms with Gasteiger partial charge < -0.3 is 46.2 Å². The van der Waals surface area contributed by atoms with Gasteiger partial charge in [0, 0.05) is 36.1 Å². The number of rotatable bonds is 8. The first-order valence-corrected chi connectivity index (χ1v) is 14.6. The monoisotopic (exact) mass is 660 g/mol. The number of hydrogen-bond donors (Lipinski definition) is 7. The summed E-state index contributed by atoms with van der Waals surface area (Å²) in [5.41, 5.74) is 6.94. The summed E-state index contributed by atoms with van der Waals surface area (Å²) in [7, 11) is 0. The predicted octanol–water partition coefficient (Wildman–Crippen LogP) is 0.685. The number of anilines is 2. The Labute approximate surface area is 266 Å². The summed E-state index contributed by atoms with van der Waals surface area (Å²) in [5.74, 6) is -5.77. The van der Waals surface area contributed by atoms with Crippen LogP contribution in [0.4, 0.5) is 16.6 Å². The molecule has 19 heteroatoms. The van der Waals surface area contributed by atoms with Crippen molar-refractivity contribution in [2.45, 2.75) is 69.6 Å². The van der Waals surface area contributed by atoms with Gasteiger partial charge >= 0.3 is 18.0 Å². The van der Waals surface area contributed by atoms with E-state index in [0.717, 1.165) is 18.0 Å². The average Bonchev–Trinajstić information content (AvgIpc) is 3.51. The summed E-state index contributed by atoms with van der Waals surface area (Å²) in [6.45, 7) is 2.90. The number of carbonyl (C=O) groups excluding carboxylic acids is 1. The Morgan fingerprint density at radius 2 is 1.91 bits per heavy atom. The van der Waals surface area contributed by atoms with Crippen LogP contribution in [0.1, 0.15) is 56.8 Å². The van der Waals surface area contributed by atoms with E-state index in [9.17, 15) is 30.3 Å². The Kier molecular flexibility index (Phi) is 9.38. The van der Waals surface area contributed by atoms with Crippen molar-refractivity contribution in [2.24, 2.45) is 10.9 Å². The topological polar surface area (TPSA) is 260 Å². The number of halogens is 1. The zero-order valence-corrected chi connectivity index (χ0v) is 25.5. The van der Waals surface area contributed by atoms with Crippen LogP contribution in [-0.2, 0) is 15.5 Å². The maximum Gasteiger partial charge on any atom is 0.416 e. The standard InChI is InChI=1S/C27H33ClN10O8/c1-14(2)37-12-15(7-33-37)20-10-31-21(11-30-20)38(25(39)45-13-26(40,41)42)17-5-3-16(4-6-17)35-24-32-8-18-23(36-24)22(29)19(28)9-34-46-27(18,43)44/h7-12,14,16-17,40-44H,3-6,13,29H2,1-2H3,(H,32,35,36). The van der Waals surface area contributed by atoms with E-state index in [2.05, 4.69) is 40.3 Å². The molecular formula is C27H33ClN10O8. The minimum atomic E-state index is -3.21. The van der Waals surface area contributed by atoms with Crippen molar-refractivity contribution in [1.29, 1.82) is 0 Å². The Balaban J connectivity index is 1.31. The van der Waals surface area contributed by atoms with Crippen LogP contribution in [-0.4, -0.2) is 92.2 Å². The summed E-state index contributed by atoms with van der Waals surface area (Å²) >= 11 is 6.11. The molecule has 2 aliphatic rings. The van der Waals surface area contributed by atoms with Gasteiger partial charge in [-0.2, -0.15) is 5.10 Å². The van der Waals surface area contributed by atoms with Crippen molar-refractivity contribution >= 4 is 41.4 Å². The number of nitrogens with two attached hydrogens (primary N) is 1. The molecule has 0 atom stereocenters. The minimum Gasteiger partial charge on any atom is -0.440 e. The number of nitrogens with zero attached hydrogens (tertiary/aromatic N) is 8. The lowest BCUT2D eigenvalue weighted by atomic mass is 9.90. The molecule has 246 valence electrons. The Hall–Kier alpha value is -4.46. The van der Waals surface area contributed by atoms with E-state index in [0.29, 0.717) is 31.4 Å². The van der Waals surface area contributed by atoms with E-state index in [1.165, 1.54) is 17.3 Å². The lowest BCUT2D eigenvalue weighted by Crippen LogP contribution is -2.46. The predicted molar refractivity (Wildman–Crippen MR) is 161 cm³/mol. The number of allylic oxidation sites excluding steroid dienone is 1. The molecular weight excluding hydrogens is 628 g/mol. The number of carbonyl (C=O) groups is 1. The van der Waals surface area contributed by atoms with Gasteiger partial charge in [0.25, 0.3) is 0 Å². The summed E-state index contributed by atoms with van der Waals surface area (Å²) < 4.78 is 6.76. The van der Waals surface area contributed by atoms with Gasteiger partial charge in [-0.1, -0.05) is 16.8 Å². The molecule has 0 spiro atoms. The van der Waals surface area contributed by atoms with Gasteiger partial charge in [-0.3, -0.25) is 14.6 Å². The van der Waals surface area contributed by atoms with Gasteiger partial charge in [0.05, 0.1) is 41.2 Å². The van der Waals surface area contributed by atoms with Gasteiger partial charge in [-0.05, 0) is 39.5 Å². The number of aliphatic hydroxyl groups is 5. The first-order valence-electron chi connectivity index (χ1n) is 14.2. The van der Waals surface area contributed by atoms with Crippen LogP contribution >= 0.6 is 11.6 Å². The Bertz CT molecular complexity index is 1620. The normalized spacial score (nSPS) is 19.6.